The Labute approximate surface area is 166 Å². The average Bonchev–Trinajstić information content (AvgIpc) is 2.73. The van der Waals surface area contributed by atoms with Gasteiger partial charge in [-0.25, -0.2) is 4.68 Å². The van der Waals surface area contributed by atoms with Crippen molar-refractivity contribution in [2.75, 3.05) is 48.8 Å². The second-order valence-electron chi connectivity index (χ2n) is 6.77. The minimum Gasteiger partial charge on any atom is -0.368 e. The maximum Gasteiger partial charge on any atom is 0.292 e. The molecule has 0 spiro atoms. The van der Waals surface area contributed by atoms with E-state index in [4.69, 9.17) is 0 Å². The highest BCUT2D eigenvalue weighted by atomic mass is 32.2. The monoisotopic (exact) mass is 399 g/mol. The van der Waals surface area contributed by atoms with E-state index in [1.165, 1.54) is 16.7 Å². The fraction of sp³-hybridized carbons (Fsp3) is 0.368. The molecule has 1 aromatic carbocycles. The smallest absolute Gasteiger partial charge is 0.292 e. The van der Waals surface area contributed by atoms with Crippen molar-refractivity contribution >= 4 is 35.0 Å². The van der Waals surface area contributed by atoms with Gasteiger partial charge in [0.2, 0.25) is 11.8 Å². The number of benzene rings is 1. The fourth-order valence-electron chi connectivity index (χ4n) is 3.43. The number of hydrogen-bond acceptors (Lipinski definition) is 6. The summed E-state index contributed by atoms with van der Waals surface area (Å²) >= 11 is 1.30. The normalized spacial score (nSPS) is 16.9. The van der Waals surface area contributed by atoms with Crippen LogP contribution >= 0.6 is 11.8 Å². The van der Waals surface area contributed by atoms with Crippen molar-refractivity contribution in [1.82, 2.24) is 14.7 Å². The van der Waals surface area contributed by atoms with Gasteiger partial charge in [0.25, 0.3) is 5.56 Å². The molecular formula is C19H21N5O3S. The van der Waals surface area contributed by atoms with Gasteiger partial charge < -0.3 is 14.7 Å². The predicted octanol–water partition coefficient (Wildman–Crippen LogP) is 0.661. The molecule has 28 heavy (non-hydrogen) atoms. The molecular weight excluding hydrogens is 378 g/mol. The van der Waals surface area contributed by atoms with Crippen molar-refractivity contribution in [3.8, 4) is 0 Å². The van der Waals surface area contributed by atoms with Crippen molar-refractivity contribution in [3.05, 3.63) is 46.9 Å². The number of nitrogens with zero attached hydrogens (tertiary/aromatic N) is 5. The first-order valence-electron chi connectivity index (χ1n) is 9.12. The molecule has 0 saturated carbocycles. The number of hydrogen-bond donors (Lipinski definition) is 0. The van der Waals surface area contributed by atoms with E-state index in [2.05, 4.69) is 22.1 Å². The van der Waals surface area contributed by atoms with E-state index >= 15 is 0 Å². The summed E-state index contributed by atoms with van der Waals surface area (Å²) in [5.41, 5.74) is 1.04. The summed E-state index contributed by atoms with van der Waals surface area (Å²) in [6, 6.07) is 10.1. The zero-order valence-corrected chi connectivity index (χ0v) is 16.4. The third-order valence-electron chi connectivity index (χ3n) is 5.08. The van der Waals surface area contributed by atoms with Crippen molar-refractivity contribution < 1.29 is 9.59 Å². The molecule has 2 aliphatic rings. The number of aromatic nitrogens is 2. The molecule has 4 rings (SSSR count). The molecule has 2 aliphatic heterocycles. The Morgan fingerprint density at radius 2 is 1.82 bits per heavy atom. The highest BCUT2D eigenvalue weighted by molar-refractivity contribution is 8.00. The predicted molar refractivity (Wildman–Crippen MR) is 108 cm³/mol. The topological polar surface area (TPSA) is 78.8 Å². The van der Waals surface area contributed by atoms with Gasteiger partial charge in [-0.15, -0.1) is 11.8 Å². The maximum absolute atomic E-state index is 12.7. The molecule has 0 radical (unpaired) electrons. The molecule has 1 saturated heterocycles. The Balaban J connectivity index is 1.44. The highest BCUT2D eigenvalue weighted by Crippen LogP contribution is 2.30. The number of thioether (sulfide) groups is 1. The molecule has 1 aromatic heterocycles. The molecule has 3 heterocycles. The Bertz CT molecular complexity index is 954. The minimum atomic E-state index is -0.406. The summed E-state index contributed by atoms with van der Waals surface area (Å²) in [5.74, 6) is 0.0228. The van der Waals surface area contributed by atoms with Crippen LogP contribution in [0.4, 0.5) is 11.4 Å². The summed E-state index contributed by atoms with van der Waals surface area (Å²) in [6.45, 7) is 2.57. The molecule has 9 heteroatoms. The maximum atomic E-state index is 12.7. The molecule has 1 fully saturated rings. The molecule has 146 valence electrons. The second-order valence-corrected chi connectivity index (χ2v) is 7.78. The van der Waals surface area contributed by atoms with E-state index in [1.54, 1.807) is 18.1 Å². The number of amides is 2. The number of piperazine rings is 1. The van der Waals surface area contributed by atoms with E-state index in [1.807, 2.05) is 18.2 Å². The molecule has 2 aromatic rings. The van der Waals surface area contributed by atoms with Gasteiger partial charge in [-0.05, 0) is 12.1 Å². The van der Waals surface area contributed by atoms with E-state index in [0.717, 1.165) is 23.5 Å². The van der Waals surface area contributed by atoms with Crippen LogP contribution in [0.15, 0.2) is 46.2 Å². The standard InChI is InChI=1S/C19H21N5O3S/c1-21-17(26)13-28-15-11-20-24(19(27)18(15)21)12-16(25)23-9-7-22(8-10-23)14-5-3-2-4-6-14/h2-6,11H,7-10,12-13H2,1H3. The largest absolute Gasteiger partial charge is 0.368 e. The Hall–Kier alpha value is -2.81. The number of rotatable bonds is 3. The lowest BCUT2D eigenvalue weighted by Gasteiger charge is -2.36. The van der Waals surface area contributed by atoms with Crippen LogP contribution in [0.25, 0.3) is 0 Å². The summed E-state index contributed by atoms with van der Waals surface area (Å²) in [5, 5.41) is 4.14. The van der Waals surface area contributed by atoms with Gasteiger partial charge in [0.1, 0.15) is 12.2 Å². The highest BCUT2D eigenvalue weighted by Gasteiger charge is 2.27. The molecule has 0 unspecified atom stereocenters. The van der Waals surface area contributed by atoms with Gasteiger partial charge in [-0.1, -0.05) is 18.2 Å². The number of anilines is 2. The zero-order chi connectivity index (χ0) is 19.7. The van der Waals surface area contributed by atoms with Gasteiger partial charge in [-0.3, -0.25) is 14.4 Å². The van der Waals surface area contributed by atoms with Crippen LogP contribution in [0.2, 0.25) is 0 Å². The number of fused-ring (bicyclic) bond motifs is 1. The zero-order valence-electron chi connectivity index (χ0n) is 15.6. The van der Waals surface area contributed by atoms with Gasteiger partial charge in [0.05, 0.1) is 16.8 Å². The molecule has 0 aliphatic carbocycles. The van der Waals surface area contributed by atoms with E-state index in [-0.39, 0.29) is 18.4 Å². The van der Waals surface area contributed by atoms with E-state index in [9.17, 15) is 14.4 Å². The first-order valence-corrected chi connectivity index (χ1v) is 10.1. The van der Waals surface area contributed by atoms with Gasteiger partial charge >= 0.3 is 0 Å². The van der Waals surface area contributed by atoms with Crippen molar-refractivity contribution in [3.63, 3.8) is 0 Å². The van der Waals surface area contributed by atoms with Gasteiger partial charge in [0, 0.05) is 38.9 Å². The molecule has 0 atom stereocenters. The van der Waals surface area contributed by atoms with E-state index < -0.39 is 5.56 Å². The Kier molecular flexibility index (Phi) is 5.08. The van der Waals surface area contributed by atoms with Crippen molar-refractivity contribution in [2.45, 2.75) is 11.4 Å². The van der Waals surface area contributed by atoms with Crippen LogP contribution in [0.3, 0.4) is 0 Å². The van der Waals surface area contributed by atoms with Crippen LogP contribution in [0, 0.1) is 0 Å². The molecule has 2 amide bonds. The second kappa shape index (κ2) is 7.67. The quantitative estimate of drug-likeness (QED) is 0.755. The fourth-order valence-corrected chi connectivity index (χ4v) is 4.39. The summed E-state index contributed by atoms with van der Waals surface area (Å²) < 4.78 is 1.15. The summed E-state index contributed by atoms with van der Waals surface area (Å²) in [7, 11) is 1.58. The first kappa shape index (κ1) is 18.5. The lowest BCUT2D eigenvalue weighted by atomic mass is 10.2. The number of carbonyl (C=O) groups is 2. The van der Waals surface area contributed by atoms with Crippen LogP contribution in [-0.4, -0.2) is 65.5 Å². The van der Waals surface area contributed by atoms with Crippen LogP contribution in [0.1, 0.15) is 0 Å². The van der Waals surface area contributed by atoms with E-state index in [0.29, 0.717) is 29.4 Å². The van der Waals surface area contributed by atoms with Gasteiger partial charge in [-0.2, -0.15) is 5.10 Å². The SMILES string of the molecule is CN1C(=O)CSc2cnn(CC(=O)N3CCN(c4ccccc4)CC3)c(=O)c21. The van der Waals surface area contributed by atoms with Crippen molar-refractivity contribution in [1.29, 1.82) is 0 Å². The summed E-state index contributed by atoms with van der Waals surface area (Å²) in [4.78, 5) is 43.4. The lowest BCUT2D eigenvalue weighted by molar-refractivity contribution is -0.132. The molecule has 8 nitrogen and oxygen atoms in total. The Morgan fingerprint density at radius 1 is 1.11 bits per heavy atom. The van der Waals surface area contributed by atoms with Gasteiger partial charge in [0.15, 0.2) is 0 Å². The molecule has 0 N–H and O–H groups in total. The summed E-state index contributed by atoms with van der Waals surface area (Å²) in [6.07, 6.45) is 1.56. The van der Waals surface area contributed by atoms with Crippen molar-refractivity contribution in [2.24, 2.45) is 0 Å². The third kappa shape index (κ3) is 3.49. The lowest BCUT2D eigenvalue weighted by Crippen LogP contribution is -2.50. The van der Waals surface area contributed by atoms with Crippen LogP contribution in [-0.2, 0) is 16.1 Å². The Morgan fingerprint density at radius 3 is 2.54 bits per heavy atom. The number of carbonyl (C=O) groups excluding carboxylic acids is 2. The van der Waals surface area contributed by atoms with Crippen LogP contribution < -0.4 is 15.4 Å². The average molecular weight is 399 g/mol. The number of para-hydroxylation sites is 1. The van der Waals surface area contributed by atoms with Crippen LogP contribution in [0.5, 0.6) is 0 Å². The molecule has 0 bridgehead atoms. The minimum absolute atomic E-state index is 0.121. The first-order chi connectivity index (χ1) is 13.5. The third-order valence-corrected chi connectivity index (χ3v) is 6.09.